The van der Waals surface area contributed by atoms with E-state index < -0.39 is 0 Å². The van der Waals surface area contributed by atoms with Crippen LogP contribution in [-0.2, 0) is 0 Å². The van der Waals surface area contributed by atoms with Gasteiger partial charge in [0.15, 0.2) is 0 Å². The zero-order valence-corrected chi connectivity index (χ0v) is 15.4. The van der Waals surface area contributed by atoms with E-state index in [0.717, 1.165) is 17.1 Å². The SMILES string of the molecule is C=C(Nc1ccc(N)cn1)c1cc(OCC(C)C)cc(OC(C)C)c1. The number of ether oxygens (including phenoxy) is 2. The lowest BCUT2D eigenvalue weighted by atomic mass is 10.1. The number of nitrogen functional groups attached to an aromatic ring is 1. The third-order valence-electron chi connectivity index (χ3n) is 3.25. The number of nitrogens with two attached hydrogens (primary N) is 1. The predicted molar refractivity (Wildman–Crippen MR) is 104 cm³/mol. The van der Waals surface area contributed by atoms with Crippen molar-refractivity contribution in [1.82, 2.24) is 4.98 Å². The van der Waals surface area contributed by atoms with Gasteiger partial charge in [0.25, 0.3) is 0 Å². The zero-order valence-electron chi connectivity index (χ0n) is 15.4. The van der Waals surface area contributed by atoms with Crippen LogP contribution in [0.2, 0.25) is 0 Å². The molecule has 0 unspecified atom stereocenters. The van der Waals surface area contributed by atoms with Crippen LogP contribution < -0.4 is 20.5 Å². The molecule has 0 aliphatic rings. The summed E-state index contributed by atoms with van der Waals surface area (Å²) in [7, 11) is 0. The molecule has 3 N–H and O–H groups in total. The first-order valence-electron chi connectivity index (χ1n) is 8.46. The molecule has 0 atom stereocenters. The highest BCUT2D eigenvalue weighted by Gasteiger charge is 2.09. The average molecular weight is 341 g/mol. The maximum Gasteiger partial charge on any atom is 0.130 e. The Kier molecular flexibility index (Phi) is 6.28. The molecule has 0 aliphatic carbocycles. The molecule has 0 bridgehead atoms. The third kappa shape index (κ3) is 6.03. The molecule has 0 amide bonds. The minimum Gasteiger partial charge on any atom is -0.493 e. The first-order chi connectivity index (χ1) is 11.8. The van der Waals surface area contributed by atoms with Crippen LogP contribution in [0, 0.1) is 5.92 Å². The van der Waals surface area contributed by atoms with Crippen LogP contribution in [0.4, 0.5) is 11.5 Å². The molecule has 0 aliphatic heterocycles. The summed E-state index contributed by atoms with van der Waals surface area (Å²) in [6.45, 7) is 13.0. The highest BCUT2D eigenvalue weighted by Crippen LogP contribution is 2.28. The zero-order chi connectivity index (χ0) is 18.4. The minimum absolute atomic E-state index is 0.0770. The number of aromatic nitrogens is 1. The Morgan fingerprint density at radius 1 is 1.16 bits per heavy atom. The maximum atomic E-state index is 5.87. The van der Waals surface area contributed by atoms with Gasteiger partial charge in [-0.05, 0) is 44.0 Å². The fourth-order valence-corrected chi connectivity index (χ4v) is 2.14. The molecule has 0 spiro atoms. The van der Waals surface area contributed by atoms with E-state index in [1.807, 2.05) is 38.1 Å². The van der Waals surface area contributed by atoms with E-state index >= 15 is 0 Å². The molecule has 25 heavy (non-hydrogen) atoms. The fraction of sp³-hybridized carbons (Fsp3) is 0.350. The van der Waals surface area contributed by atoms with Crippen LogP contribution in [0.25, 0.3) is 5.70 Å². The van der Waals surface area contributed by atoms with Crippen LogP contribution in [0.15, 0.2) is 43.1 Å². The van der Waals surface area contributed by atoms with Crippen molar-refractivity contribution >= 4 is 17.2 Å². The van der Waals surface area contributed by atoms with Gasteiger partial charge in [-0.3, -0.25) is 0 Å². The number of hydrogen-bond acceptors (Lipinski definition) is 5. The van der Waals surface area contributed by atoms with Crippen molar-refractivity contribution in [3.8, 4) is 11.5 Å². The van der Waals surface area contributed by atoms with Crippen LogP contribution >= 0.6 is 0 Å². The molecule has 134 valence electrons. The number of anilines is 2. The van der Waals surface area contributed by atoms with Gasteiger partial charge in [-0.25, -0.2) is 4.98 Å². The van der Waals surface area contributed by atoms with Gasteiger partial charge in [-0.15, -0.1) is 0 Å². The van der Waals surface area contributed by atoms with Gasteiger partial charge in [-0.2, -0.15) is 0 Å². The lowest BCUT2D eigenvalue weighted by molar-refractivity contribution is 0.237. The van der Waals surface area contributed by atoms with Crippen LogP contribution in [0.3, 0.4) is 0 Å². The molecule has 1 aromatic heterocycles. The number of nitrogens with one attached hydrogen (secondary N) is 1. The Bertz CT molecular complexity index is 709. The summed E-state index contributed by atoms with van der Waals surface area (Å²) in [5, 5.41) is 3.19. The van der Waals surface area contributed by atoms with E-state index in [2.05, 4.69) is 30.7 Å². The van der Waals surface area contributed by atoms with E-state index in [1.165, 1.54) is 0 Å². The fourth-order valence-electron chi connectivity index (χ4n) is 2.14. The maximum absolute atomic E-state index is 5.87. The summed E-state index contributed by atoms with van der Waals surface area (Å²) >= 11 is 0. The van der Waals surface area contributed by atoms with Gasteiger partial charge >= 0.3 is 0 Å². The molecule has 5 nitrogen and oxygen atoms in total. The topological polar surface area (TPSA) is 69.4 Å². The van der Waals surface area contributed by atoms with Crippen molar-refractivity contribution in [3.05, 3.63) is 48.7 Å². The summed E-state index contributed by atoms with van der Waals surface area (Å²) < 4.78 is 11.7. The van der Waals surface area contributed by atoms with Gasteiger partial charge in [0.1, 0.15) is 17.3 Å². The number of pyridine rings is 1. The molecule has 1 aromatic carbocycles. The first-order valence-corrected chi connectivity index (χ1v) is 8.46. The number of nitrogens with zero attached hydrogens (tertiary/aromatic N) is 1. The van der Waals surface area contributed by atoms with Crippen molar-refractivity contribution in [2.75, 3.05) is 17.7 Å². The smallest absolute Gasteiger partial charge is 0.130 e. The standard InChI is InChI=1S/C20H27N3O2/c1-13(2)12-24-18-8-16(9-19(10-18)25-14(3)4)15(5)23-20-7-6-17(21)11-22-20/h6-11,13-14H,5,12,21H2,1-4H3,(H,22,23). The number of rotatable bonds is 8. The molecule has 2 aromatic rings. The monoisotopic (exact) mass is 341 g/mol. The molecular formula is C20H27N3O2. The Balaban J connectivity index is 2.22. The molecule has 0 saturated heterocycles. The quantitative estimate of drug-likeness (QED) is 0.736. The summed E-state index contributed by atoms with van der Waals surface area (Å²) in [5.74, 6) is 2.63. The third-order valence-corrected chi connectivity index (χ3v) is 3.25. The van der Waals surface area contributed by atoms with Crippen LogP contribution in [0.5, 0.6) is 11.5 Å². The summed E-state index contributed by atoms with van der Waals surface area (Å²) in [4.78, 5) is 4.24. The summed E-state index contributed by atoms with van der Waals surface area (Å²) in [6.07, 6.45) is 1.68. The van der Waals surface area contributed by atoms with Crippen molar-refractivity contribution in [2.45, 2.75) is 33.8 Å². The Labute approximate surface area is 149 Å². The van der Waals surface area contributed by atoms with Crippen molar-refractivity contribution in [2.24, 2.45) is 5.92 Å². The Hall–Kier alpha value is -2.69. The minimum atomic E-state index is 0.0770. The largest absolute Gasteiger partial charge is 0.493 e. The second-order valence-corrected chi connectivity index (χ2v) is 6.64. The highest BCUT2D eigenvalue weighted by molar-refractivity contribution is 5.75. The van der Waals surface area contributed by atoms with Crippen LogP contribution in [0.1, 0.15) is 33.3 Å². The number of benzene rings is 1. The molecule has 0 radical (unpaired) electrons. The first kappa shape index (κ1) is 18.6. The van der Waals surface area contributed by atoms with E-state index in [4.69, 9.17) is 15.2 Å². The van der Waals surface area contributed by atoms with Gasteiger partial charge in [0.05, 0.1) is 24.6 Å². The molecule has 5 heteroatoms. The number of hydrogen-bond donors (Lipinski definition) is 2. The highest BCUT2D eigenvalue weighted by atomic mass is 16.5. The molecule has 1 heterocycles. The van der Waals surface area contributed by atoms with Gasteiger partial charge in [0.2, 0.25) is 0 Å². The lowest BCUT2D eigenvalue weighted by Gasteiger charge is -2.16. The normalized spacial score (nSPS) is 10.8. The lowest BCUT2D eigenvalue weighted by Crippen LogP contribution is -2.08. The van der Waals surface area contributed by atoms with Gasteiger partial charge in [0, 0.05) is 17.3 Å². The predicted octanol–water partition coefficient (Wildman–Crippen LogP) is 4.57. The van der Waals surface area contributed by atoms with E-state index in [9.17, 15) is 0 Å². The molecule has 0 saturated carbocycles. The molecule has 0 fully saturated rings. The summed E-state index contributed by atoms with van der Waals surface area (Å²) in [5.41, 5.74) is 7.88. The molecular weight excluding hydrogens is 314 g/mol. The van der Waals surface area contributed by atoms with E-state index in [0.29, 0.717) is 29.7 Å². The second-order valence-electron chi connectivity index (χ2n) is 6.64. The van der Waals surface area contributed by atoms with E-state index in [-0.39, 0.29) is 6.10 Å². The summed E-state index contributed by atoms with van der Waals surface area (Å²) in [6, 6.07) is 9.39. The van der Waals surface area contributed by atoms with Gasteiger partial charge < -0.3 is 20.5 Å². The Morgan fingerprint density at radius 2 is 1.88 bits per heavy atom. The van der Waals surface area contributed by atoms with Crippen molar-refractivity contribution < 1.29 is 9.47 Å². The van der Waals surface area contributed by atoms with Crippen molar-refractivity contribution in [3.63, 3.8) is 0 Å². The van der Waals surface area contributed by atoms with E-state index in [1.54, 1.807) is 12.3 Å². The van der Waals surface area contributed by atoms with Gasteiger partial charge in [-0.1, -0.05) is 20.4 Å². The van der Waals surface area contributed by atoms with Crippen molar-refractivity contribution in [1.29, 1.82) is 0 Å². The average Bonchev–Trinajstić information content (AvgIpc) is 2.54. The second kappa shape index (κ2) is 8.42. The molecule has 2 rings (SSSR count). The van der Waals surface area contributed by atoms with Crippen LogP contribution in [-0.4, -0.2) is 17.7 Å². The Morgan fingerprint density at radius 3 is 2.48 bits per heavy atom.